The van der Waals surface area contributed by atoms with E-state index in [9.17, 15) is 4.79 Å². The van der Waals surface area contributed by atoms with E-state index in [-0.39, 0.29) is 5.91 Å². The minimum absolute atomic E-state index is 0.213. The number of nitrogens with one attached hydrogen (secondary N) is 2. The predicted octanol–water partition coefficient (Wildman–Crippen LogP) is 2.08. The van der Waals surface area contributed by atoms with E-state index < -0.39 is 0 Å². The predicted molar refractivity (Wildman–Crippen MR) is 96.6 cm³/mol. The van der Waals surface area contributed by atoms with Gasteiger partial charge in [0.2, 0.25) is 0 Å². The monoisotopic (exact) mass is 347 g/mol. The van der Waals surface area contributed by atoms with Crippen molar-refractivity contribution in [3.8, 4) is 0 Å². The number of halogens is 1. The minimum atomic E-state index is -0.213. The van der Waals surface area contributed by atoms with E-state index >= 15 is 0 Å². The largest absolute Gasteiger partial charge is 0.368 e. The van der Waals surface area contributed by atoms with Crippen molar-refractivity contribution >= 4 is 23.3 Å². The number of carbonyl (C=O) groups excluding carboxylic acids is 1. The molecule has 0 saturated heterocycles. The van der Waals surface area contributed by atoms with Crippen molar-refractivity contribution < 1.29 is 4.79 Å². The Morgan fingerprint density at radius 3 is 2.71 bits per heavy atom. The number of aromatic nitrogens is 2. The van der Waals surface area contributed by atoms with Crippen LogP contribution in [0.5, 0.6) is 0 Å². The standard InChI is InChI=1S/C17H22ClN5O/c1-23(2)9-8-20-17(24)15-11-22-16(12-21-15)19-7-6-13-4-3-5-14(18)10-13/h3-5,10-12H,6-9H2,1-2H3,(H,19,22)(H,20,24). The highest BCUT2D eigenvalue weighted by molar-refractivity contribution is 6.30. The van der Waals surface area contributed by atoms with E-state index in [2.05, 4.69) is 20.6 Å². The maximum Gasteiger partial charge on any atom is 0.271 e. The quantitative estimate of drug-likeness (QED) is 0.765. The van der Waals surface area contributed by atoms with Crippen LogP contribution in [0, 0.1) is 0 Å². The molecule has 0 aliphatic carbocycles. The first kappa shape index (κ1) is 18.2. The molecule has 0 aliphatic rings. The molecule has 1 aromatic heterocycles. The molecule has 7 heteroatoms. The number of anilines is 1. The summed E-state index contributed by atoms with van der Waals surface area (Å²) in [7, 11) is 3.91. The average Bonchev–Trinajstić information content (AvgIpc) is 2.55. The van der Waals surface area contributed by atoms with Crippen LogP contribution in [0.4, 0.5) is 5.82 Å². The van der Waals surface area contributed by atoms with E-state index in [1.54, 1.807) is 6.20 Å². The van der Waals surface area contributed by atoms with Gasteiger partial charge in [0.1, 0.15) is 11.5 Å². The fourth-order valence-electron chi connectivity index (χ4n) is 2.05. The Hall–Kier alpha value is -2.18. The smallest absolute Gasteiger partial charge is 0.271 e. The van der Waals surface area contributed by atoms with Crippen LogP contribution < -0.4 is 10.6 Å². The SMILES string of the molecule is CN(C)CCNC(=O)c1cnc(NCCc2cccc(Cl)c2)cn1. The summed E-state index contributed by atoms with van der Waals surface area (Å²) < 4.78 is 0. The summed E-state index contributed by atoms with van der Waals surface area (Å²) >= 11 is 5.96. The molecule has 0 spiro atoms. The van der Waals surface area contributed by atoms with Crippen molar-refractivity contribution in [2.75, 3.05) is 39.0 Å². The molecular formula is C17H22ClN5O. The zero-order valence-electron chi connectivity index (χ0n) is 13.9. The third-order valence-electron chi connectivity index (χ3n) is 3.34. The van der Waals surface area contributed by atoms with Gasteiger partial charge in [0.25, 0.3) is 5.91 Å². The van der Waals surface area contributed by atoms with Gasteiger partial charge in [-0.3, -0.25) is 4.79 Å². The number of nitrogens with zero attached hydrogens (tertiary/aromatic N) is 3. The van der Waals surface area contributed by atoms with Gasteiger partial charge in [0, 0.05) is 24.7 Å². The van der Waals surface area contributed by atoms with Crippen LogP contribution in [0.3, 0.4) is 0 Å². The number of rotatable bonds is 8. The summed E-state index contributed by atoms with van der Waals surface area (Å²) in [5.74, 6) is 0.427. The van der Waals surface area contributed by atoms with Crippen LogP contribution >= 0.6 is 11.6 Å². The minimum Gasteiger partial charge on any atom is -0.368 e. The lowest BCUT2D eigenvalue weighted by Gasteiger charge is -2.10. The van der Waals surface area contributed by atoms with E-state index in [4.69, 9.17) is 11.6 Å². The van der Waals surface area contributed by atoms with Crippen molar-refractivity contribution in [2.24, 2.45) is 0 Å². The highest BCUT2D eigenvalue weighted by Gasteiger charge is 2.07. The van der Waals surface area contributed by atoms with Gasteiger partial charge in [-0.15, -0.1) is 0 Å². The van der Waals surface area contributed by atoms with Crippen LogP contribution in [0.1, 0.15) is 16.1 Å². The first-order valence-corrected chi connectivity index (χ1v) is 8.15. The summed E-state index contributed by atoms with van der Waals surface area (Å²) in [4.78, 5) is 22.3. The van der Waals surface area contributed by atoms with E-state index in [0.717, 1.165) is 23.6 Å². The Balaban J connectivity index is 1.78. The summed E-state index contributed by atoms with van der Waals surface area (Å²) in [5.41, 5.74) is 1.47. The van der Waals surface area contributed by atoms with Gasteiger partial charge in [-0.25, -0.2) is 9.97 Å². The van der Waals surface area contributed by atoms with Crippen LogP contribution in [-0.2, 0) is 6.42 Å². The van der Waals surface area contributed by atoms with Crippen molar-refractivity contribution in [3.63, 3.8) is 0 Å². The molecule has 1 aromatic carbocycles. The molecule has 1 amide bonds. The lowest BCUT2D eigenvalue weighted by atomic mass is 10.1. The highest BCUT2D eigenvalue weighted by Crippen LogP contribution is 2.11. The Bertz CT molecular complexity index is 660. The third-order valence-corrected chi connectivity index (χ3v) is 3.57. The van der Waals surface area contributed by atoms with E-state index in [1.165, 1.54) is 6.20 Å². The maximum absolute atomic E-state index is 11.9. The van der Waals surface area contributed by atoms with Crippen LogP contribution in [-0.4, -0.2) is 54.5 Å². The normalized spacial score (nSPS) is 10.7. The second-order valence-electron chi connectivity index (χ2n) is 5.65. The fourth-order valence-corrected chi connectivity index (χ4v) is 2.26. The summed E-state index contributed by atoms with van der Waals surface area (Å²) in [5, 5.41) is 6.72. The number of hydrogen-bond acceptors (Lipinski definition) is 5. The van der Waals surface area contributed by atoms with Gasteiger partial charge in [-0.05, 0) is 38.2 Å². The maximum atomic E-state index is 11.9. The average molecular weight is 348 g/mol. The van der Waals surface area contributed by atoms with Crippen molar-refractivity contribution in [2.45, 2.75) is 6.42 Å². The number of amides is 1. The Morgan fingerprint density at radius 2 is 2.04 bits per heavy atom. The van der Waals surface area contributed by atoms with Gasteiger partial charge in [-0.1, -0.05) is 23.7 Å². The Morgan fingerprint density at radius 1 is 1.21 bits per heavy atom. The molecule has 24 heavy (non-hydrogen) atoms. The lowest BCUT2D eigenvalue weighted by molar-refractivity contribution is 0.0945. The van der Waals surface area contributed by atoms with Gasteiger partial charge in [0.05, 0.1) is 12.4 Å². The Kier molecular flexibility index (Phi) is 6.96. The molecule has 1 heterocycles. The molecule has 0 atom stereocenters. The van der Waals surface area contributed by atoms with Crippen LogP contribution in [0.15, 0.2) is 36.7 Å². The zero-order valence-corrected chi connectivity index (χ0v) is 14.7. The van der Waals surface area contributed by atoms with Gasteiger partial charge < -0.3 is 15.5 Å². The molecule has 0 fully saturated rings. The molecule has 2 N–H and O–H groups in total. The Labute approximate surface area is 147 Å². The molecule has 0 bridgehead atoms. The molecular weight excluding hydrogens is 326 g/mol. The number of hydrogen-bond donors (Lipinski definition) is 2. The number of benzene rings is 1. The highest BCUT2D eigenvalue weighted by atomic mass is 35.5. The molecule has 0 radical (unpaired) electrons. The summed E-state index contributed by atoms with van der Waals surface area (Å²) in [6.07, 6.45) is 3.88. The fraction of sp³-hybridized carbons (Fsp3) is 0.353. The number of likely N-dealkylation sites (N-methyl/N-ethyl adjacent to an activating group) is 1. The zero-order chi connectivity index (χ0) is 17.4. The van der Waals surface area contributed by atoms with E-state index in [1.807, 2.05) is 43.3 Å². The van der Waals surface area contributed by atoms with Gasteiger partial charge in [-0.2, -0.15) is 0 Å². The summed E-state index contributed by atoms with van der Waals surface area (Å²) in [6, 6.07) is 7.75. The summed E-state index contributed by atoms with van der Waals surface area (Å²) in [6.45, 7) is 2.07. The second kappa shape index (κ2) is 9.20. The molecule has 0 aliphatic heterocycles. The van der Waals surface area contributed by atoms with Gasteiger partial charge in [0.15, 0.2) is 0 Å². The second-order valence-corrected chi connectivity index (χ2v) is 6.09. The molecule has 6 nitrogen and oxygen atoms in total. The van der Waals surface area contributed by atoms with Gasteiger partial charge >= 0.3 is 0 Å². The molecule has 2 aromatic rings. The molecule has 128 valence electrons. The number of carbonyl (C=O) groups is 1. The van der Waals surface area contributed by atoms with Crippen molar-refractivity contribution in [3.05, 3.63) is 52.9 Å². The molecule has 0 saturated carbocycles. The molecule has 2 rings (SSSR count). The van der Waals surface area contributed by atoms with Crippen molar-refractivity contribution in [1.29, 1.82) is 0 Å². The van der Waals surface area contributed by atoms with Crippen LogP contribution in [0.2, 0.25) is 5.02 Å². The topological polar surface area (TPSA) is 70.2 Å². The third kappa shape index (κ3) is 6.14. The van der Waals surface area contributed by atoms with E-state index in [0.29, 0.717) is 24.6 Å². The van der Waals surface area contributed by atoms with Crippen LogP contribution in [0.25, 0.3) is 0 Å². The molecule has 0 unspecified atom stereocenters. The first-order chi connectivity index (χ1) is 11.5. The first-order valence-electron chi connectivity index (χ1n) is 7.78. The lowest BCUT2D eigenvalue weighted by Crippen LogP contribution is -2.31. The van der Waals surface area contributed by atoms with Crippen molar-refractivity contribution in [1.82, 2.24) is 20.2 Å².